The summed E-state index contributed by atoms with van der Waals surface area (Å²) in [5.41, 5.74) is 1.84. The molecule has 2 aromatic carbocycles. The van der Waals surface area contributed by atoms with Crippen molar-refractivity contribution in [1.29, 1.82) is 0 Å². The number of rotatable bonds is 8. The number of carbonyl (C=O) groups is 2. The average Bonchev–Trinajstić information content (AvgIpc) is 3.54. The summed E-state index contributed by atoms with van der Waals surface area (Å²) >= 11 is 5.72. The minimum Gasteiger partial charge on any atom is -0.497 e. The number of benzene rings is 2. The molecule has 0 radical (unpaired) electrons. The molecule has 0 spiro atoms. The van der Waals surface area contributed by atoms with Crippen LogP contribution in [0.15, 0.2) is 83.4 Å². The van der Waals surface area contributed by atoms with Crippen molar-refractivity contribution in [2.24, 2.45) is 0 Å². The molecule has 3 N–H and O–H groups in total. The molecule has 1 fully saturated rings. The van der Waals surface area contributed by atoms with Crippen molar-refractivity contribution < 1.29 is 29.0 Å². The van der Waals surface area contributed by atoms with Crippen LogP contribution in [-0.4, -0.2) is 44.3 Å². The Hall–Kier alpha value is -4.70. The lowest BCUT2D eigenvalue weighted by Gasteiger charge is -2.26. The van der Waals surface area contributed by atoms with E-state index in [4.69, 9.17) is 21.4 Å². The van der Waals surface area contributed by atoms with Crippen molar-refractivity contribution in [2.45, 2.75) is 18.6 Å². The molecule has 0 saturated carbocycles. The van der Waals surface area contributed by atoms with E-state index < -0.39 is 11.9 Å². The molecule has 3 heterocycles. The van der Waals surface area contributed by atoms with Gasteiger partial charge in [-0.25, -0.2) is 9.59 Å². The molecular weight excluding hydrogens is 506 g/mol. The third kappa shape index (κ3) is 4.94. The summed E-state index contributed by atoms with van der Waals surface area (Å²) in [7, 11) is 1.61. The number of hydrogen-bond donors (Lipinski definition) is 3. The van der Waals surface area contributed by atoms with Gasteiger partial charge in [-0.2, -0.15) is 0 Å². The van der Waals surface area contributed by atoms with E-state index in [0.29, 0.717) is 28.7 Å². The monoisotopic (exact) mass is 529 g/mol. The van der Waals surface area contributed by atoms with E-state index in [0.717, 1.165) is 23.1 Å². The molecule has 1 saturated heterocycles. The van der Waals surface area contributed by atoms with Gasteiger partial charge in [-0.3, -0.25) is 4.98 Å². The highest BCUT2D eigenvalue weighted by atomic mass is 32.1. The van der Waals surface area contributed by atoms with Gasteiger partial charge in [-0.1, -0.05) is 18.2 Å². The van der Waals surface area contributed by atoms with E-state index in [1.54, 1.807) is 25.4 Å². The zero-order valence-corrected chi connectivity index (χ0v) is 21.0. The molecule has 38 heavy (non-hydrogen) atoms. The van der Waals surface area contributed by atoms with Crippen LogP contribution in [0.3, 0.4) is 0 Å². The second-order valence-corrected chi connectivity index (χ2v) is 9.10. The number of ether oxygens (including phenoxy) is 1. The third-order valence-electron chi connectivity index (χ3n) is 6.34. The molecule has 9 nitrogen and oxygen atoms in total. The lowest BCUT2D eigenvalue weighted by molar-refractivity contribution is 0.0696. The van der Waals surface area contributed by atoms with Gasteiger partial charge in [0.25, 0.3) is 0 Å². The summed E-state index contributed by atoms with van der Waals surface area (Å²) in [6.07, 6.45) is 1.71. The minimum absolute atomic E-state index is 0.144. The van der Waals surface area contributed by atoms with Crippen LogP contribution in [0.4, 0.5) is 0 Å². The first-order chi connectivity index (χ1) is 18.3. The van der Waals surface area contributed by atoms with Gasteiger partial charge in [0.1, 0.15) is 23.3 Å². The Morgan fingerprint density at radius 3 is 2.34 bits per heavy atom. The van der Waals surface area contributed by atoms with E-state index >= 15 is 0 Å². The Labute approximate surface area is 223 Å². The van der Waals surface area contributed by atoms with Crippen LogP contribution in [0, 0.1) is 0 Å². The predicted octanol–water partition coefficient (Wildman–Crippen LogP) is 4.92. The topological polar surface area (TPSA) is 125 Å². The van der Waals surface area contributed by atoms with Crippen molar-refractivity contribution in [2.75, 3.05) is 7.11 Å². The maximum Gasteiger partial charge on any atom is 0.335 e. The number of pyridine rings is 1. The van der Waals surface area contributed by atoms with Crippen LogP contribution in [0.5, 0.6) is 5.75 Å². The normalized spacial score (nSPS) is 16.8. The van der Waals surface area contributed by atoms with E-state index in [-0.39, 0.29) is 23.2 Å². The van der Waals surface area contributed by atoms with Crippen LogP contribution < -0.4 is 10.1 Å². The van der Waals surface area contributed by atoms with Crippen molar-refractivity contribution >= 4 is 29.3 Å². The molecule has 192 valence electrons. The van der Waals surface area contributed by atoms with Gasteiger partial charge in [0.05, 0.1) is 30.0 Å². The first-order valence-corrected chi connectivity index (χ1v) is 12.1. The predicted molar refractivity (Wildman–Crippen MR) is 142 cm³/mol. The van der Waals surface area contributed by atoms with E-state index in [1.807, 2.05) is 47.4 Å². The molecule has 1 aliphatic rings. The molecule has 5 rings (SSSR count). The molecule has 2 atom stereocenters. The fourth-order valence-corrected chi connectivity index (χ4v) is 4.80. The van der Waals surface area contributed by atoms with Crippen molar-refractivity contribution in [3.8, 4) is 17.1 Å². The van der Waals surface area contributed by atoms with E-state index in [2.05, 4.69) is 10.3 Å². The molecular formula is C28H23N3O6S. The fraction of sp³-hybridized carbons (Fsp3) is 0.143. The number of methoxy groups -OCH3 is 1. The molecule has 0 aliphatic carbocycles. The van der Waals surface area contributed by atoms with Crippen LogP contribution in [0.2, 0.25) is 0 Å². The number of aromatic carboxylic acids is 2. The second kappa shape index (κ2) is 10.3. The molecule has 0 bridgehead atoms. The Bertz CT molecular complexity index is 1470. The third-order valence-corrected chi connectivity index (χ3v) is 6.69. The Kier molecular flexibility index (Phi) is 6.80. The first-order valence-electron chi connectivity index (χ1n) is 11.7. The standard InChI is InChI=1S/C28H23N3O6S/c1-36-20-7-5-16(6-8-20)15-31-25(24(30-28(31)38)21-4-2-3-11-29-21)23-10-9-22(37-23)17-12-18(26(32)33)14-19(13-17)27(34)35/h2-14,24-25H,15H2,1H3,(H,30,38)(H,32,33)(H,34,35). The van der Waals surface area contributed by atoms with E-state index in [9.17, 15) is 19.8 Å². The number of nitrogens with one attached hydrogen (secondary N) is 1. The largest absolute Gasteiger partial charge is 0.497 e. The zero-order chi connectivity index (χ0) is 26.8. The molecule has 2 unspecified atom stereocenters. The summed E-state index contributed by atoms with van der Waals surface area (Å²) < 4.78 is 11.5. The summed E-state index contributed by atoms with van der Waals surface area (Å²) in [5, 5.41) is 22.8. The summed E-state index contributed by atoms with van der Waals surface area (Å²) in [4.78, 5) is 29.7. The molecule has 10 heteroatoms. The van der Waals surface area contributed by atoms with Gasteiger partial charge in [-0.15, -0.1) is 0 Å². The van der Waals surface area contributed by atoms with Crippen molar-refractivity contribution in [3.05, 3.63) is 107 Å². The molecule has 0 amide bonds. The van der Waals surface area contributed by atoms with Gasteiger partial charge in [0.2, 0.25) is 0 Å². The van der Waals surface area contributed by atoms with Crippen molar-refractivity contribution in [3.63, 3.8) is 0 Å². The quantitative estimate of drug-likeness (QED) is 0.271. The van der Waals surface area contributed by atoms with Crippen LogP contribution in [0.1, 0.15) is 49.8 Å². The number of furan rings is 1. The summed E-state index contributed by atoms with van der Waals surface area (Å²) in [5.74, 6) is -0.805. The van der Waals surface area contributed by atoms with Gasteiger partial charge < -0.3 is 29.6 Å². The molecule has 1 aliphatic heterocycles. The van der Waals surface area contributed by atoms with Crippen LogP contribution in [0.25, 0.3) is 11.3 Å². The number of aromatic nitrogens is 1. The maximum absolute atomic E-state index is 11.6. The number of thiocarbonyl (C=S) groups is 1. The fourth-order valence-electron chi connectivity index (χ4n) is 4.50. The summed E-state index contributed by atoms with van der Waals surface area (Å²) in [6.45, 7) is 0.484. The highest BCUT2D eigenvalue weighted by Gasteiger charge is 2.41. The lowest BCUT2D eigenvalue weighted by Crippen LogP contribution is -2.29. The van der Waals surface area contributed by atoms with Gasteiger partial charge in [0, 0.05) is 18.3 Å². The Morgan fingerprint density at radius 1 is 1.03 bits per heavy atom. The highest BCUT2D eigenvalue weighted by molar-refractivity contribution is 7.80. The number of carboxylic acids is 2. The number of hydrogen-bond acceptors (Lipinski definition) is 6. The number of nitrogens with zero attached hydrogens (tertiary/aromatic N) is 2. The van der Waals surface area contributed by atoms with Crippen LogP contribution in [-0.2, 0) is 6.54 Å². The highest BCUT2D eigenvalue weighted by Crippen LogP contribution is 2.41. The van der Waals surface area contributed by atoms with Gasteiger partial charge in [0.15, 0.2) is 5.11 Å². The smallest absolute Gasteiger partial charge is 0.335 e. The first kappa shape index (κ1) is 25.0. The van der Waals surface area contributed by atoms with Crippen LogP contribution >= 0.6 is 12.2 Å². The SMILES string of the molecule is COc1ccc(CN2C(=S)NC(c3ccccn3)C2c2ccc(-c3cc(C(=O)O)cc(C(=O)O)c3)o2)cc1. The molecule has 2 aromatic heterocycles. The lowest BCUT2D eigenvalue weighted by atomic mass is 10.0. The second-order valence-electron chi connectivity index (χ2n) is 8.71. The summed E-state index contributed by atoms with van der Waals surface area (Å²) in [6, 6.07) is 20.0. The van der Waals surface area contributed by atoms with Crippen molar-refractivity contribution in [1.82, 2.24) is 15.2 Å². The molecule has 4 aromatic rings. The van der Waals surface area contributed by atoms with E-state index in [1.165, 1.54) is 12.1 Å². The minimum atomic E-state index is -1.23. The average molecular weight is 530 g/mol. The number of carboxylic acid groups (broad SMARTS) is 2. The maximum atomic E-state index is 11.6. The van der Waals surface area contributed by atoms with Gasteiger partial charge in [-0.05, 0) is 72.4 Å². The zero-order valence-electron chi connectivity index (χ0n) is 20.2. The van der Waals surface area contributed by atoms with Gasteiger partial charge >= 0.3 is 11.9 Å². The Morgan fingerprint density at radius 2 is 1.74 bits per heavy atom. The Balaban J connectivity index is 1.55.